The van der Waals surface area contributed by atoms with Crippen LogP contribution in [-0.4, -0.2) is 15.3 Å². The Morgan fingerprint density at radius 1 is 0.968 bits per heavy atom. The summed E-state index contributed by atoms with van der Waals surface area (Å²) in [6, 6.07) is 11.5. The number of imidazole rings is 1. The Kier molecular flexibility index (Phi) is 5.27. The van der Waals surface area contributed by atoms with Crippen LogP contribution in [0.2, 0.25) is 0 Å². The summed E-state index contributed by atoms with van der Waals surface area (Å²) in [6.07, 6.45) is 1.67. The van der Waals surface area contributed by atoms with E-state index in [4.69, 9.17) is 4.98 Å². The molecule has 0 atom stereocenters. The molecule has 0 fully saturated rings. The molecule has 2 heterocycles. The Bertz CT molecular complexity index is 1330. The second kappa shape index (κ2) is 7.91. The number of nitrogens with zero attached hydrogens (tertiary/aromatic N) is 2. The first-order valence-corrected chi connectivity index (χ1v) is 9.73. The third-order valence-electron chi connectivity index (χ3n) is 5.36. The SMILES string of the molecule is Cc1ccc(-c2nc3c(C)cccn3c2CC(=O)Nc2ccc(F)c(F)c2F)cc1C. The Balaban J connectivity index is 1.76. The number of aryl methyl sites for hydroxylation is 3. The minimum atomic E-state index is -1.63. The lowest BCUT2D eigenvalue weighted by molar-refractivity contribution is -0.115. The van der Waals surface area contributed by atoms with Crippen LogP contribution in [0.3, 0.4) is 0 Å². The molecule has 0 radical (unpaired) electrons. The largest absolute Gasteiger partial charge is 0.323 e. The molecule has 0 aliphatic carbocycles. The highest BCUT2D eigenvalue weighted by atomic mass is 19.2. The molecular formula is C24H20F3N3O. The molecule has 0 aliphatic rings. The lowest BCUT2D eigenvalue weighted by Gasteiger charge is -2.10. The van der Waals surface area contributed by atoms with Crippen molar-refractivity contribution in [3.05, 3.63) is 88.5 Å². The van der Waals surface area contributed by atoms with Crippen LogP contribution in [0.25, 0.3) is 16.9 Å². The molecule has 4 aromatic rings. The Labute approximate surface area is 177 Å². The van der Waals surface area contributed by atoms with Gasteiger partial charge in [-0.1, -0.05) is 18.2 Å². The maximum absolute atomic E-state index is 14.0. The van der Waals surface area contributed by atoms with Gasteiger partial charge in [0.15, 0.2) is 17.5 Å². The van der Waals surface area contributed by atoms with Gasteiger partial charge in [-0.15, -0.1) is 0 Å². The Hall–Kier alpha value is -3.61. The van der Waals surface area contributed by atoms with Crippen molar-refractivity contribution in [3.63, 3.8) is 0 Å². The van der Waals surface area contributed by atoms with E-state index in [1.54, 1.807) is 6.20 Å². The fourth-order valence-electron chi connectivity index (χ4n) is 3.51. The molecule has 0 saturated carbocycles. The van der Waals surface area contributed by atoms with Crippen molar-refractivity contribution in [2.45, 2.75) is 27.2 Å². The number of rotatable bonds is 4. The lowest BCUT2D eigenvalue weighted by atomic mass is 10.0. The first-order chi connectivity index (χ1) is 14.8. The fourth-order valence-corrected chi connectivity index (χ4v) is 3.51. The molecule has 0 unspecified atom stereocenters. The smallest absolute Gasteiger partial charge is 0.230 e. The van der Waals surface area contributed by atoms with E-state index in [0.717, 1.165) is 34.4 Å². The number of carbonyl (C=O) groups is 1. The maximum Gasteiger partial charge on any atom is 0.230 e. The zero-order valence-corrected chi connectivity index (χ0v) is 17.3. The van der Waals surface area contributed by atoms with Gasteiger partial charge in [0.25, 0.3) is 0 Å². The molecule has 7 heteroatoms. The number of pyridine rings is 1. The summed E-state index contributed by atoms with van der Waals surface area (Å²) in [4.78, 5) is 17.5. The molecule has 2 aromatic carbocycles. The molecule has 0 spiro atoms. The molecule has 31 heavy (non-hydrogen) atoms. The minimum absolute atomic E-state index is 0.134. The third kappa shape index (κ3) is 3.79. The normalized spacial score (nSPS) is 11.2. The number of nitrogens with one attached hydrogen (secondary N) is 1. The van der Waals surface area contributed by atoms with Crippen LogP contribution in [0.4, 0.5) is 18.9 Å². The van der Waals surface area contributed by atoms with E-state index in [1.807, 2.05) is 55.5 Å². The van der Waals surface area contributed by atoms with Crippen molar-refractivity contribution < 1.29 is 18.0 Å². The highest BCUT2D eigenvalue weighted by molar-refractivity contribution is 5.93. The van der Waals surface area contributed by atoms with Crippen molar-refractivity contribution in [1.82, 2.24) is 9.38 Å². The predicted octanol–water partition coefficient (Wildman–Crippen LogP) is 5.53. The lowest BCUT2D eigenvalue weighted by Crippen LogP contribution is -2.17. The van der Waals surface area contributed by atoms with Crippen LogP contribution in [0.5, 0.6) is 0 Å². The van der Waals surface area contributed by atoms with Gasteiger partial charge in [0, 0.05) is 11.8 Å². The topological polar surface area (TPSA) is 46.4 Å². The van der Waals surface area contributed by atoms with Gasteiger partial charge in [-0.2, -0.15) is 0 Å². The monoisotopic (exact) mass is 423 g/mol. The zero-order valence-electron chi connectivity index (χ0n) is 17.3. The molecule has 1 N–H and O–H groups in total. The van der Waals surface area contributed by atoms with Gasteiger partial charge in [-0.25, -0.2) is 18.2 Å². The van der Waals surface area contributed by atoms with E-state index in [2.05, 4.69) is 5.32 Å². The van der Waals surface area contributed by atoms with Crippen LogP contribution in [0.1, 0.15) is 22.4 Å². The molecule has 0 aliphatic heterocycles. The number of fused-ring (bicyclic) bond motifs is 1. The second-order valence-electron chi connectivity index (χ2n) is 7.54. The van der Waals surface area contributed by atoms with Crippen LogP contribution >= 0.6 is 0 Å². The predicted molar refractivity (Wildman–Crippen MR) is 113 cm³/mol. The summed E-state index contributed by atoms with van der Waals surface area (Å²) in [7, 11) is 0. The average Bonchev–Trinajstić information content (AvgIpc) is 3.10. The summed E-state index contributed by atoms with van der Waals surface area (Å²) in [5.74, 6) is -4.95. The number of hydrogen-bond acceptors (Lipinski definition) is 2. The van der Waals surface area contributed by atoms with E-state index in [9.17, 15) is 18.0 Å². The molecule has 1 amide bonds. The number of aromatic nitrogens is 2. The number of carbonyl (C=O) groups excluding carboxylic acids is 1. The van der Waals surface area contributed by atoms with Gasteiger partial charge >= 0.3 is 0 Å². The summed E-state index contributed by atoms with van der Waals surface area (Å²) in [5, 5.41) is 2.33. The molecule has 4 nitrogen and oxygen atoms in total. The molecule has 4 rings (SSSR count). The first kappa shape index (κ1) is 20.7. The van der Waals surface area contributed by atoms with Crippen molar-refractivity contribution in [2.75, 3.05) is 5.32 Å². The van der Waals surface area contributed by atoms with E-state index < -0.39 is 29.0 Å². The maximum atomic E-state index is 14.0. The summed E-state index contributed by atoms with van der Waals surface area (Å²) >= 11 is 0. The highest BCUT2D eigenvalue weighted by Crippen LogP contribution is 2.28. The summed E-state index contributed by atoms with van der Waals surface area (Å²) in [5.41, 5.74) is 5.56. The highest BCUT2D eigenvalue weighted by Gasteiger charge is 2.20. The minimum Gasteiger partial charge on any atom is -0.323 e. The van der Waals surface area contributed by atoms with Crippen molar-refractivity contribution in [2.24, 2.45) is 0 Å². The van der Waals surface area contributed by atoms with Gasteiger partial charge in [0.1, 0.15) is 5.65 Å². The summed E-state index contributed by atoms with van der Waals surface area (Å²) < 4.78 is 42.5. The Morgan fingerprint density at radius 3 is 2.48 bits per heavy atom. The van der Waals surface area contributed by atoms with Crippen LogP contribution in [-0.2, 0) is 11.2 Å². The fraction of sp³-hybridized carbons (Fsp3) is 0.167. The first-order valence-electron chi connectivity index (χ1n) is 9.73. The van der Waals surface area contributed by atoms with Crippen molar-refractivity contribution in [1.29, 1.82) is 0 Å². The Morgan fingerprint density at radius 2 is 1.74 bits per heavy atom. The van der Waals surface area contributed by atoms with Crippen LogP contribution < -0.4 is 5.32 Å². The van der Waals surface area contributed by atoms with Gasteiger partial charge in [-0.3, -0.25) is 4.79 Å². The van der Waals surface area contributed by atoms with Gasteiger partial charge in [0.05, 0.1) is 23.5 Å². The van der Waals surface area contributed by atoms with Crippen LogP contribution in [0.15, 0.2) is 48.7 Å². The zero-order chi connectivity index (χ0) is 22.3. The van der Waals surface area contributed by atoms with E-state index in [1.165, 1.54) is 0 Å². The van der Waals surface area contributed by atoms with Crippen LogP contribution in [0, 0.1) is 38.2 Å². The van der Waals surface area contributed by atoms with Gasteiger partial charge < -0.3 is 9.72 Å². The quantitative estimate of drug-likeness (QED) is 0.439. The number of halogens is 3. The number of benzene rings is 2. The molecule has 0 bridgehead atoms. The van der Waals surface area contributed by atoms with Gasteiger partial charge in [0.2, 0.25) is 5.91 Å². The van der Waals surface area contributed by atoms with Crippen molar-refractivity contribution >= 4 is 17.2 Å². The number of anilines is 1. The van der Waals surface area contributed by atoms with E-state index in [0.29, 0.717) is 17.0 Å². The standard InChI is InChI=1S/C24H20F3N3O/c1-13-6-7-16(11-15(13)3)23-19(30-10-4-5-14(2)24(30)29-23)12-20(31)28-18-9-8-17(25)21(26)22(18)27/h4-11H,12H2,1-3H3,(H,28,31). The molecule has 2 aromatic heterocycles. The van der Waals surface area contributed by atoms with Crippen molar-refractivity contribution in [3.8, 4) is 11.3 Å². The third-order valence-corrected chi connectivity index (χ3v) is 5.36. The van der Waals surface area contributed by atoms with E-state index in [-0.39, 0.29) is 6.42 Å². The second-order valence-corrected chi connectivity index (χ2v) is 7.54. The average molecular weight is 423 g/mol. The summed E-state index contributed by atoms with van der Waals surface area (Å²) in [6.45, 7) is 5.93. The number of hydrogen-bond donors (Lipinski definition) is 1. The molecule has 0 saturated heterocycles. The molecule has 158 valence electrons. The molecular weight excluding hydrogens is 403 g/mol. The van der Waals surface area contributed by atoms with E-state index >= 15 is 0 Å². The van der Waals surface area contributed by atoms with Gasteiger partial charge in [-0.05, 0) is 61.7 Å². The number of amides is 1.